The van der Waals surface area contributed by atoms with E-state index in [9.17, 15) is 9.59 Å². The zero-order valence-corrected chi connectivity index (χ0v) is 13.8. The molecule has 0 aliphatic carbocycles. The molecule has 0 spiro atoms. The molecule has 2 rings (SSSR count). The van der Waals surface area contributed by atoms with Gasteiger partial charge < -0.3 is 10.6 Å². The molecule has 0 saturated heterocycles. The number of anilines is 1. The van der Waals surface area contributed by atoms with Gasteiger partial charge in [-0.1, -0.05) is 48.9 Å². The van der Waals surface area contributed by atoms with Gasteiger partial charge in [-0.25, -0.2) is 0 Å². The summed E-state index contributed by atoms with van der Waals surface area (Å²) in [5.74, 6) is -1.29. The number of aryl methyl sites for hydroxylation is 3. The largest absolute Gasteiger partial charge is 0.344 e. The molecule has 0 aliphatic heterocycles. The minimum absolute atomic E-state index is 0.336. The van der Waals surface area contributed by atoms with E-state index in [-0.39, 0.29) is 0 Å². The predicted molar refractivity (Wildman–Crippen MR) is 92.2 cm³/mol. The monoisotopic (exact) mass is 310 g/mol. The van der Waals surface area contributed by atoms with Gasteiger partial charge in [-0.15, -0.1) is 0 Å². The Morgan fingerprint density at radius 2 is 1.57 bits per heavy atom. The molecule has 0 aromatic heterocycles. The summed E-state index contributed by atoms with van der Waals surface area (Å²) in [7, 11) is 0. The maximum atomic E-state index is 11.9. The van der Waals surface area contributed by atoms with Crippen LogP contribution in [0.1, 0.15) is 29.2 Å². The van der Waals surface area contributed by atoms with Crippen LogP contribution in [0.5, 0.6) is 0 Å². The highest BCUT2D eigenvalue weighted by molar-refractivity contribution is 6.39. The van der Waals surface area contributed by atoms with Gasteiger partial charge in [0, 0.05) is 12.2 Å². The Morgan fingerprint density at radius 3 is 2.17 bits per heavy atom. The number of rotatable bonds is 4. The Labute approximate surface area is 136 Å². The molecule has 4 heteroatoms. The third-order valence-corrected chi connectivity index (χ3v) is 3.72. The number of amides is 2. The van der Waals surface area contributed by atoms with E-state index in [0.717, 1.165) is 23.1 Å². The first kappa shape index (κ1) is 16.7. The summed E-state index contributed by atoms with van der Waals surface area (Å²) in [6, 6.07) is 13.6. The fourth-order valence-corrected chi connectivity index (χ4v) is 2.29. The Hall–Kier alpha value is -2.62. The second-order valence-corrected chi connectivity index (χ2v) is 5.63. The highest BCUT2D eigenvalue weighted by atomic mass is 16.2. The number of hydrogen-bond acceptors (Lipinski definition) is 2. The molecule has 0 saturated carbocycles. The maximum Gasteiger partial charge on any atom is 0.313 e. The zero-order valence-electron chi connectivity index (χ0n) is 13.8. The fraction of sp³-hybridized carbons (Fsp3) is 0.263. The molecule has 0 atom stereocenters. The molecular weight excluding hydrogens is 288 g/mol. The van der Waals surface area contributed by atoms with Crippen LogP contribution >= 0.6 is 0 Å². The summed E-state index contributed by atoms with van der Waals surface area (Å²) in [6.45, 7) is 6.31. The number of carbonyl (C=O) groups excluding carboxylic acids is 2. The third-order valence-electron chi connectivity index (χ3n) is 3.72. The molecule has 0 aliphatic rings. The van der Waals surface area contributed by atoms with Gasteiger partial charge in [-0.2, -0.15) is 0 Å². The lowest BCUT2D eigenvalue weighted by atomic mass is 10.1. The van der Waals surface area contributed by atoms with E-state index in [1.54, 1.807) is 6.07 Å². The second-order valence-electron chi connectivity index (χ2n) is 5.63. The van der Waals surface area contributed by atoms with Crippen LogP contribution in [0, 0.1) is 13.8 Å². The van der Waals surface area contributed by atoms with E-state index in [1.807, 2.05) is 50.2 Å². The van der Waals surface area contributed by atoms with Crippen LogP contribution in [0.3, 0.4) is 0 Å². The Bertz CT molecular complexity index is 706. The first-order valence-corrected chi connectivity index (χ1v) is 7.74. The van der Waals surface area contributed by atoms with Gasteiger partial charge in [-0.3, -0.25) is 9.59 Å². The highest BCUT2D eigenvalue weighted by Gasteiger charge is 2.14. The van der Waals surface area contributed by atoms with E-state index < -0.39 is 11.8 Å². The van der Waals surface area contributed by atoms with Crippen molar-refractivity contribution in [3.05, 3.63) is 64.7 Å². The predicted octanol–water partition coefficient (Wildman–Crippen LogP) is 3.12. The van der Waals surface area contributed by atoms with E-state index in [4.69, 9.17) is 0 Å². The molecule has 2 aromatic rings. The first-order chi connectivity index (χ1) is 11.0. The molecule has 0 unspecified atom stereocenters. The number of carbonyl (C=O) groups is 2. The molecule has 2 N–H and O–H groups in total. The topological polar surface area (TPSA) is 58.2 Å². The standard InChI is InChI=1S/C19H22N2O2/c1-4-15-6-8-16(9-7-15)12-20-18(22)19(23)21-17-10-5-13(2)11-14(17)3/h5-11H,4,12H2,1-3H3,(H,20,22)(H,21,23). The van der Waals surface area contributed by atoms with Crippen LogP contribution in [0.4, 0.5) is 5.69 Å². The number of hydrogen-bond donors (Lipinski definition) is 2. The van der Waals surface area contributed by atoms with Crippen molar-refractivity contribution >= 4 is 17.5 Å². The summed E-state index contributed by atoms with van der Waals surface area (Å²) in [5.41, 5.74) is 4.91. The average Bonchev–Trinajstić information content (AvgIpc) is 2.55. The molecule has 0 bridgehead atoms. The van der Waals surface area contributed by atoms with Crippen LogP contribution in [0.25, 0.3) is 0 Å². The lowest BCUT2D eigenvalue weighted by Crippen LogP contribution is -2.35. The lowest BCUT2D eigenvalue weighted by molar-refractivity contribution is -0.136. The SMILES string of the molecule is CCc1ccc(CNC(=O)C(=O)Nc2ccc(C)cc2C)cc1. The lowest BCUT2D eigenvalue weighted by Gasteiger charge is -2.09. The van der Waals surface area contributed by atoms with Crippen LogP contribution in [0.15, 0.2) is 42.5 Å². The molecule has 4 nitrogen and oxygen atoms in total. The minimum Gasteiger partial charge on any atom is -0.344 e. The Kier molecular flexibility index (Phi) is 5.52. The van der Waals surface area contributed by atoms with Crippen LogP contribution in [-0.2, 0) is 22.6 Å². The quantitative estimate of drug-likeness (QED) is 0.853. The molecule has 2 aromatic carbocycles. The van der Waals surface area contributed by atoms with Crippen molar-refractivity contribution < 1.29 is 9.59 Å². The van der Waals surface area contributed by atoms with Crippen molar-refractivity contribution in [3.63, 3.8) is 0 Å². The van der Waals surface area contributed by atoms with Crippen LogP contribution in [0.2, 0.25) is 0 Å². The normalized spacial score (nSPS) is 10.2. The molecule has 0 fully saturated rings. The zero-order chi connectivity index (χ0) is 16.8. The minimum atomic E-state index is -0.651. The van der Waals surface area contributed by atoms with Crippen LogP contribution in [-0.4, -0.2) is 11.8 Å². The number of nitrogens with one attached hydrogen (secondary N) is 2. The van der Waals surface area contributed by atoms with Gasteiger partial charge >= 0.3 is 11.8 Å². The van der Waals surface area contributed by atoms with E-state index in [1.165, 1.54) is 5.56 Å². The van der Waals surface area contributed by atoms with Gasteiger partial charge in [0.15, 0.2) is 0 Å². The molecule has 120 valence electrons. The van der Waals surface area contributed by atoms with E-state index >= 15 is 0 Å². The molecule has 2 amide bonds. The molecule has 0 heterocycles. The smallest absolute Gasteiger partial charge is 0.313 e. The summed E-state index contributed by atoms with van der Waals surface area (Å²) in [6.07, 6.45) is 0.977. The van der Waals surface area contributed by atoms with Gasteiger partial charge in [0.05, 0.1) is 0 Å². The Morgan fingerprint density at radius 1 is 0.913 bits per heavy atom. The summed E-state index contributed by atoms with van der Waals surface area (Å²) in [4.78, 5) is 23.8. The van der Waals surface area contributed by atoms with E-state index in [2.05, 4.69) is 17.6 Å². The van der Waals surface area contributed by atoms with Crippen LogP contribution < -0.4 is 10.6 Å². The van der Waals surface area contributed by atoms with Crippen molar-refractivity contribution in [2.45, 2.75) is 33.7 Å². The second kappa shape index (κ2) is 7.58. The van der Waals surface area contributed by atoms with Gasteiger partial charge in [-0.05, 0) is 43.0 Å². The van der Waals surface area contributed by atoms with Gasteiger partial charge in [0.2, 0.25) is 0 Å². The third kappa shape index (κ3) is 4.68. The molecule has 23 heavy (non-hydrogen) atoms. The maximum absolute atomic E-state index is 11.9. The highest BCUT2D eigenvalue weighted by Crippen LogP contribution is 2.15. The van der Waals surface area contributed by atoms with Crippen molar-refractivity contribution in [1.82, 2.24) is 5.32 Å². The average molecular weight is 310 g/mol. The van der Waals surface area contributed by atoms with Gasteiger partial charge in [0.1, 0.15) is 0 Å². The van der Waals surface area contributed by atoms with Crippen molar-refractivity contribution in [1.29, 1.82) is 0 Å². The van der Waals surface area contributed by atoms with Gasteiger partial charge in [0.25, 0.3) is 0 Å². The number of benzene rings is 2. The van der Waals surface area contributed by atoms with Crippen molar-refractivity contribution in [3.8, 4) is 0 Å². The molecule has 0 radical (unpaired) electrons. The summed E-state index contributed by atoms with van der Waals surface area (Å²) in [5, 5.41) is 5.28. The summed E-state index contributed by atoms with van der Waals surface area (Å²) < 4.78 is 0. The molecular formula is C19H22N2O2. The van der Waals surface area contributed by atoms with Crippen molar-refractivity contribution in [2.24, 2.45) is 0 Å². The summed E-state index contributed by atoms with van der Waals surface area (Å²) >= 11 is 0. The fourth-order valence-electron chi connectivity index (χ4n) is 2.29. The Balaban J connectivity index is 1.90. The van der Waals surface area contributed by atoms with E-state index in [0.29, 0.717) is 12.2 Å². The van der Waals surface area contributed by atoms with Crippen molar-refractivity contribution in [2.75, 3.05) is 5.32 Å². The first-order valence-electron chi connectivity index (χ1n) is 7.74.